The van der Waals surface area contributed by atoms with Crippen LogP contribution >= 0.6 is 0 Å². The first-order chi connectivity index (χ1) is 9.16. The first-order valence-corrected chi connectivity index (χ1v) is 6.41. The molecule has 0 saturated heterocycles. The summed E-state index contributed by atoms with van der Waals surface area (Å²) in [5, 5.41) is 0. The second kappa shape index (κ2) is 4.46. The molecule has 0 saturated carbocycles. The van der Waals surface area contributed by atoms with Gasteiger partial charge < -0.3 is 15.1 Å². The van der Waals surface area contributed by atoms with Crippen LogP contribution in [-0.2, 0) is 6.42 Å². The van der Waals surface area contributed by atoms with E-state index < -0.39 is 0 Å². The summed E-state index contributed by atoms with van der Waals surface area (Å²) in [6.45, 7) is 2.54. The summed E-state index contributed by atoms with van der Waals surface area (Å²) in [4.78, 5) is 14.4. The number of nitrogens with zero attached hydrogens (tertiary/aromatic N) is 1. The number of hydrogen-bond donors (Lipinski definition) is 1. The summed E-state index contributed by atoms with van der Waals surface area (Å²) < 4.78 is 5.22. The van der Waals surface area contributed by atoms with Crippen LogP contribution in [0.1, 0.15) is 28.1 Å². The third-order valence-electron chi connectivity index (χ3n) is 3.56. The molecular weight excluding hydrogens is 240 g/mol. The van der Waals surface area contributed by atoms with Crippen molar-refractivity contribution in [2.75, 3.05) is 17.2 Å². The monoisotopic (exact) mass is 256 g/mol. The van der Waals surface area contributed by atoms with Crippen molar-refractivity contribution in [1.82, 2.24) is 0 Å². The second-order valence-electron chi connectivity index (χ2n) is 4.84. The molecule has 0 bridgehead atoms. The molecule has 19 heavy (non-hydrogen) atoms. The normalized spacial score (nSPS) is 14.3. The van der Waals surface area contributed by atoms with E-state index in [0.29, 0.717) is 11.3 Å². The maximum absolute atomic E-state index is 12.6. The zero-order valence-corrected chi connectivity index (χ0v) is 10.8. The molecule has 0 spiro atoms. The number of hydrogen-bond acceptors (Lipinski definition) is 3. The Morgan fingerprint density at radius 1 is 1.37 bits per heavy atom. The predicted molar refractivity (Wildman–Crippen MR) is 74.3 cm³/mol. The molecule has 0 fully saturated rings. The third-order valence-corrected chi connectivity index (χ3v) is 3.56. The van der Waals surface area contributed by atoms with Crippen LogP contribution in [-0.4, -0.2) is 12.5 Å². The molecule has 4 nitrogen and oxygen atoms in total. The minimum absolute atomic E-state index is 0.00280. The second-order valence-corrected chi connectivity index (χ2v) is 4.84. The molecule has 1 aliphatic rings. The van der Waals surface area contributed by atoms with Crippen LogP contribution in [0.15, 0.2) is 34.9 Å². The maximum Gasteiger partial charge on any atom is 0.261 e. The number of amides is 1. The van der Waals surface area contributed by atoms with Gasteiger partial charge in [0.1, 0.15) is 5.76 Å². The summed E-state index contributed by atoms with van der Waals surface area (Å²) >= 11 is 0. The maximum atomic E-state index is 12.6. The van der Waals surface area contributed by atoms with Crippen LogP contribution in [0.4, 0.5) is 11.4 Å². The van der Waals surface area contributed by atoms with Gasteiger partial charge in [0.15, 0.2) is 0 Å². The van der Waals surface area contributed by atoms with Gasteiger partial charge >= 0.3 is 0 Å². The Bertz CT molecular complexity index is 631. The van der Waals surface area contributed by atoms with Crippen LogP contribution < -0.4 is 10.6 Å². The predicted octanol–water partition coefficient (Wildman–Crippen LogP) is 2.76. The minimum Gasteiger partial charge on any atom is -0.469 e. The summed E-state index contributed by atoms with van der Waals surface area (Å²) in [5.74, 6) is 0.657. The van der Waals surface area contributed by atoms with Crippen LogP contribution in [0, 0.1) is 6.92 Å². The number of furan rings is 1. The van der Waals surface area contributed by atoms with Crippen molar-refractivity contribution in [3.8, 4) is 0 Å². The van der Waals surface area contributed by atoms with Gasteiger partial charge in [-0.2, -0.15) is 0 Å². The number of aryl methyl sites for hydroxylation is 2. The number of benzene rings is 1. The summed E-state index contributed by atoms with van der Waals surface area (Å²) in [5.41, 5.74) is 9.28. The van der Waals surface area contributed by atoms with Gasteiger partial charge in [0, 0.05) is 17.9 Å². The standard InChI is InChI=1S/C15H16N2O2/c1-10-13(6-8-19-10)15(18)17-7-2-3-11-9-12(16)4-5-14(11)17/h4-6,8-9H,2-3,7,16H2,1H3. The lowest BCUT2D eigenvalue weighted by atomic mass is 10.00. The van der Waals surface area contributed by atoms with E-state index in [4.69, 9.17) is 10.2 Å². The van der Waals surface area contributed by atoms with Gasteiger partial charge in [-0.15, -0.1) is 0 Å². The quantitative estimate of drug-likeness (QED) is 0.798. The number of anilines is 2. The van der Waals surface area contributed by atoms with Crippen molar-refractivity contribution in [3.05, 3.63) is 47.4 Å². The van der Waals surface area contributed by atoms with E-state index in [1.54, 1.807) is 19.3 Å². The molecular formula is C15H16N2O2. The van der Waals surface area contributed by atoms with E-state index in [1.807, 2.05) is 23.1 Å². The highest BCUT2D eigenvalue weighted by atomic mass is 16.3. The van der Waals surface area contributed by atoms with Gasteiger partial charge in [-0.1, -0.05) is 0 Å². The first kappa shape index (κ1) is 11.8. The molecule has 1 amide bonds. The molecule has 2 N–H and O–H groups in total. The molecule has 0 radical (unpaired) electrons. The Morgan fingerprint density at radius 3 is 2.95 bits per heavy atom. The largest absolute Gasteiger partial charge is 0.469 e. The van der Waals surface area contributed by atoms with E-state index in [1.165, 1.54) is 0 Å². The van der Waals surface area contributed by atoms with Gasteiger partial charge in [0.2, 0.25) is 0 Å². The number of rotatable bonds is 1. The average Bonchev–Trinajstić information content (AvgIpc) is 2.83. The molecule has 1 aromatic heterocycles. The highest BCUT2D eigenvalue weighted by molar-refractivity contribution is 6.07. The summed E-state index contributed by atoms with van der Waals surface area (Å²) in [6, 6.07) is 7.45. The molecule has 4 heteroatoms. The van der Waals surface area contributed by atoms with Crippen molar-refractivity contribution in [2.45, 2.75) is 19.8 Å². The highest BCUT2D eigenvalue weighted by Gasteiger charge is 2.25. The van der Waals surface area contributed by atoms with E-state index in [9.17, 15) is 4.79 Å². The fraction of sp³-hybridized carbons (Fsp3) is 0.267. The zero-order chi connectivity index (χ0) is 13.4. The fourth-order valence-electron chi connectivity index (χ4n) is 2.58. The summed E-state index contributed by atoms with van der Waals surface area (Å²) in [7, 11) is 0. The smallest absolute Gasteiger partial charge is 0.261 e. The molecule has 0 unspecified atom stereocenters. The van der Waals surface area contributed by atoms with Gasteiger partial charge in [0.25, 0.3) is 5.91 Å². The number of carbonyl (C=O) groups excluding carboxylic acids is 1. The number of nitrogen functional groups attached to an aromatic ring is 1. The van der Waals surface area contributed by atoms with Crippen molar-refractivity contribution < 1.29 is 9.21 Å². The van der Waals surface area contributed by atoms with Gasteiger partial charge in [-0.05, 0) is 49.6 Å². The van der Waals surface area contributed by atoms with E-state index in [0.717, 1.165) is 36.3 Å². The Hall–Kier alpha value is -2.23. The Labute approximate surface area is 111 Å². The van der Waals surface area contributed by atoms with Gasteiger partial charge in [-0.3, -0.25) is 4.79 Å². The van der Waals surface area contributed by atoms with E-state index in [-0.39, 0.29) is 5.91 Å². The van der Waals surface area contributed by atoms with Gasteiger partial charge in [0.05, 0.1) is 11.8 Å². The zero-order valence-electron chi connectivity index (χ0n) is 10.8. The first-order valence-electron chi connectivity index (χ1n) is 6.41. The molecule has 1 aromatic carbocycles. The van der Waals surface area contributed by atoms with Crippen molar-refractivity contribution in [2.24, 2.45) is 0 Å². The third kappa shape index (κ3) is 1.99. The van der Waals surface area contributed by atoms with Crippen LogP contribution in [0.5, 0.6) is 0 Å². The van der Waals surface area contributed by atoms with Gasteiger partial charge in [-0.25, -0.2) is 0 Å². The van der Waals surface area contributed by atoms with Crippen molar-refractivity contribution >= 4 is 17.3 Å². The topological polar surface area (TPSA) is 59.5 Å². The molecule has 1 aliphatic heterocycles. The lowest BCUT2D eigenvalue weighted by Crippen LogP contribution is -2.35. The number of fused-ring (bicyclic) bond motifs is 1. The number of nitrogens with two attached hydrogens (primary N) is 1. The van der Waals surface area contributed by atoms with E-state index >= 15 is 0 Å². The fourth-order valence-corrected chi connectivity index (χ4v) is 2.58. The highest BCUT2D eigenvalue weighted by Crippen LogP contribution is 2.30. The van der Waals surface area contributed by atoms with Crippen LogP contribution in [0.25, 0.3) is 0 Å². The van der Waals surface area contributed by atoms with Crippen LogP contribution in [0.2, 0.25) is 0 Å². The lowest BCUT2D eigenvalue weighted by Gasteiger charge is -2.29. The average molecular weight is 256 g/mol. The Kier molecular flexibility index (Phi) is 2.78. The molecule has 3 rings (SSSR count). The molecule has 0 aliphatic carbocycles. The molecule has 2 heterocycles. The molecule has 98 valence electrons. The van der Waals surface area contributed by atoms with E-state index in [2.05, 4.69) is 0 Å². The van der Waals surface area contributed by atoms with Crippen molar-refractivity contribution in [1.29, 1.82) is 0 Å². The van der Waals surface area contributed by atoms with Crippen LogP contribution in [0.3, 0.4) is 0 Å². The SMILES string of the molecule is Cc1occc1C(=O)N1CCCc2cc(N)ccc21. The van der Waals surface area contributed by atoms with Crippen molar-refractivity contribution in [3.63, 3.8) is 0 Å². The lowest BCUT2D eigenvalue weighted by molar-refractivity contribution is 0.0983. The Morgan fingerprint density at radius 2 is 2.21 bits per heavy atom. The summed E-state index contributed by atoms with van der Waals surface area (Å²) in [6.07, 6.45) is 3.48. The molecule has 0 atom stereocenters. The number of carbonyl (C=O) groups is 1. The molecule has 2 aromatic rings. The Balaban J connectivity index is 2.00. The minimum atomic E-state index is -0.00280.